The number of hydrogen-bond acceptors (Lipinski definition) is 2. The Morgan fingerprint density at radius 1 is 1.07 bits per heavy atom. The summed E-state index contributed by atoms with van der Waals surface area (Å²) in [6, 6.07) is 1.30. The van der Waals surface area contributed by atoms with Crippen LogP contribution in [0.2, 0.25) is 19.1 Å². The normalized spacial score (nSPS) is 12.4. The van der Waals surface area contributed by atoms with Crippen molar-refractivity contribution in [3.63, 3.8) is 0 Å². The maximum atomic E-state index is 5.95. The van der Waals surface area contributed by atoms with E-state index in [9.17, 15) is 0 Å². The first-order valence-corrected chi connectivity index (χ1v) is 9.53. The topological polar surface area (TPSA) is 12.5 Å². The van der Waals surface area contributed by atoms with Crippen molar-refractivity contribution in [3.05, 3.63) is 0 Å². The maximum Gasteiger partial charge on any atom is 0.186 e. The molecule has 0 aromatic carbocycles. The van der Waals surface area contributed by atoms with Crippen LogP contribution in [0.1, 0.15) is 33.6 Å². The number of nitrogens with zero attached hydrogens (tertiary/aromatic N) is 1. The molecule has 0 aliphatic carbocycles. The molecule has 0 amide bonds. The molecular weight excluding hydrogens is 202 g/mol. The van der Waals surface area contributed by atoms with Gasteiger partial charge >= 0.3 is 0 Å². The zero-order valence-electron chi connectivity index (χ0n) is 11.3. The molecule has 0 unspecified atom stereocenters. The van der Waals surface area contributed by atoms with Crippen LogP contribution < -0.4 is 0 Å². The van der Waals surface area contributed by atoms with Gasteiger partial charge in [-0.25, -0.2) is 0 Å². The molecule has 0 aliphatic heterocycles. The predicted octanol–water partition coefficient (Wildman–Crippen LogP) is 3.35. The summed E-state index contributed by atoms with van der Waals surface area (Å²) in [7, 11) is -1.34. The average molecular weight is 231 g/mol. The van der Waals surface area contributed by atoms with Gasteiger partial charge in [0, 0.05) is 6.61 Å². The smallest absolute Gasteiger partial charge is 0.186 e. The van der Waals surface area contributed by atoms with E-state index >= 15 is 0 Å². The van der Waals surface area contributed by atoms with Crippen molar-refractivity contribution < 1.29 is 4.43 Å². The minimum absolute atomic E-state index is 0.949. The summed E-state index contributed by atoms with van der Waals surface area (Å²) >= 11 is 0. The Morgan fingerprint density at radius 2 is 1.67 bits per heavy atom. The van der Waals surface area contributed by atoms with Crippen LogP contribution in [0.5, 0.6) is 0 Å². The molecule has 0 aromatic heterocycles. The van der Waals surface area contributed by atoms with Crippen LogP contribution in [0, 0.1) is 0 Å². The monoisotopic (exact) mass is 231 g/mol. The van der Waals surface area contributed by atoms with E-state index in [0.717, 1.165) is 13.0 Å². The van der Waals surface area contributed by atoms with Gasteiger partial charge in [0.25, 0.3) is 0 Å². The summed E-state index contributed by atoms with van der Waals surface area (Å²) in [5.74, 6) is 0. The lowest BCUT2D eigenvalue weighted by molar-refractivity contribution is 0.288. The lowest BCUT2D eigenvalue weighted by atomic mass is 10.4. The van der Waals surface area contributed by atoms with Gasteiger partial charge in [-0.1, -0.05) is 20.8 Å². The fourth-order valence-corrected chi connectivity index (χ4v) is 3.63. The molecule has 0 radical (unpaired) electrons. The highest BCUT2D eigenvalue weighted by molar-refractivity contribution is 6.71. The standard InChI is InChI=1S/C12H29NOSi/c1-6-11-14-15(4,5)12-9-10-13(7-2)8-3/h6-12H2,1-5H3. The molecule has 0 saturated heterocycles. The molecule has 2 nitrogen and oxygen atoms in total. The summed E-state index contributed by atoms with van der Waals surface area (Å²) in [6.07, 6.45) is 2.44. The summed E-state index contributed by atoms with van der Waals surface area (Å²) in [6.45, 7) is 15.9. The minimum Gasteiger partial charge on any atom is -0.417 e. The van der Waals surface area contributed by atoms with Gasteiger partial charge in [-0.05, 0) is 51.6 Å². The van der Waals surface area contributed by atoms with E-state index in [1.54, 1.807) is 0 Å². The Hall–Kier alpha value is 0.137. The number of hydrogen-bond donors (Lipinski definition) is 0. The average Bonchev–Trinajstić information content (AvgIpc) is 2.22. The van der Waals surface area contributed by atoms with Crippen LogP contribution in [-0.2, 0) is 4.43 Å². The molecule has 3 heteroatoms. The third-order valence-electron chi connectivity index (χ3n) is 2.84. The lowest BCUT2D eigenvalue weighted by Crippen LogP contribution is -2.32. The molecule has 0 aliphatic rings. The Morgan fingerprint density at radius 3 is 2.13 bits per heavy atom. The zero-order chi connectivity index (χ0) is 11.7. The second kappa shape index (κ2) is 8.31. The highest BCUT2D eigenvalue weighted by Gasteiger charge is 2.21. The quantitative estimate of drug-likeness (QED) is 0.564. The van der Waals surface area contributed by atoms with E-state index < -0.39 is 8.32 Å². The van der Waals surface area contributed by atoms with E-state index in [2.05, 4.69) is 38.8 Å². The molecular formula is C12H29NOSi. The van der Waals surface area contributed by atoms with Gasteiger partial charge in [0.2, 0.25) is 0 Å². The first kappa shape index (κ1) is 15.1. The summed E-state index contributed by atoms with van der Waals surface area (Å²) in [5.41, 5.74) is 0. The van der Waals surface area contributed by atoms with E-state index in [1.807, 2.05) is 0 Å². The Kier molecular flexibility index (Phi) is 8.38. The largest absolute Gasteiger partial charge is 0.417 e. The van der Waals surface area contributed by atoms with Gasteiger partial charge in [-0.15, -0.1) is 0 Å². The molecule has 0 fully saturated rings. The van der Waals surface area contributed by atoms with Crippen molar-refractivity contribution in [1.82, 2.24) is 4.90 Å². The summed E-state index contributed by atoms with van der Waals surface area (Å²) in [4.78, 5) is 2.49. The van der Waals surface area contributed by atoms with Crippen molar-refractivity contribution in [3.8, 4) is 0 Å². The molecule has 0 heterocycles. The van der Waals surface area contributed by atoms with Gasteiger partial charge in [0.05, 0.1) is 0 Å². The van der Waals surface area contributed by atoms with Crippen LogP contribution in [-0.4, -0.2) is 39.5 Å². The molecule has 0 spiro atoms. The van der Waals surface area contributed by atoms with Crippen molar-refractivity contribution in [2.45, 2.75) is 52.8 Å². The highest BCUT2D eigenvalue weighted by Crippen LogP contribution is 2.14. The third-order valence-corrected chi connectivity index (χ3v) is 5.39. The minimum atomic E-state index is -1.34. The Labute approximate surface area is 97.1 Å². The second-order valence-electron chi connectivity index (χ2n) is 4.74. The molecule has 15 heavy (non-hydrogen) atoms. The van der Waals surface area contributed by atoms with Gasteiger partial charge in [0.1, 0.15) is 0 Å². The molecule has 0 atom stereocenters. The van der Waals surface area contributed by atoms with Crippen molar-refractivity contribution in [2.75, 3.05) is 26.2 Å². The van der Waals surface area contributed by atoms with Crippen molar-refractivity contribution in [2.24, 2.45) is 0 Å². The fraction of sp³-hybridized carbons (Fsp3) is 1.00. The van der Waals surface area contributed by atoms with Crippen molar-refractivity contribution >= 4 is 8.32 Å². The Bertz CT molecular complexity index is 147. The van der Waals surface area contributed by atoms with E-state index in [1.165, 1.54) is 32.1 Å². The first-order chi connectivity index (χ1) is 7.05. The number of rotatable bonds is 9. The molecule has 0 bridgehead atoms. The van der Waals surface area contributed by atoms with Crippen LogP contribution in [0.4, 0.5) is 0 Å². The molecule has 92 valence electrons. The molecule has 0 N–H and O–H groups in total. The third kappa shape index (κ3) is 8.00. The van der Waals surface area contributed by atoms with Crippen LogP contribution in [0.25, 0.3) is 0 Å². The van der Waals surface area contributed by atoms with Crippen LogP contribution in [0.15, 0.2) is 0 Å². The lowest BCUT2D eigenvalue weighted by Gasteiger charge is -2.24. The molecule has 0 saturated carbocycles. The Balaban J connectivity index is 3.63. The van der Waals surface area contributed by atoms with Crippen LogP contribution >= 0.6 is 0 Å². The van der Waals surface area contributed by atoms with E-state index in [-0.39, 0.29) is 0 Å². The SMILES string of the molecule is CCCO[Si](C)(C)CCCN(CC)CC. The van der Waals surface area contributed by atoms with Gasteiger partial charge in [0.15, 0.2) is 8.32 Å². The van der Waals surface area contributed by atoms with E-state index in [4.69, 9.17) is 4.43 Å². The summed E-state index contributed by atoms with van der Waals surface area (Å²) in [5, 5.41) is 0. The summed E-state index contributed by atoms with van der Waals surface area (Å²) < 4.78 is 5.95. The van der Waals surface area contributed by atoms with Crippen LogP contribution in [0.3, 0.4) is 0 Å². The molecule has 0 rings (SSSR count). The maximum absolute atomic E-state index is 5.95. The first-order valence-electron chi connectivity index (χ1n) is 6.42. The second-order valence-corrected chi connectivity index (χ2v) is 9.05. The van der Waals surface area contributed by atoms with Gasteiger partial charge in [-0.3, -0.25) is 0 Å². The van der Waals surface area contributed by atoms with Crippen molar-refractivity contribution in [1.29, 1.82) is 0 Å². The van der Waals surface area contributed by atoms with Gasteiger partial charge < -0.3 is 9.33 Å². The van der Waals surface area contributed by atoms with E-state index in [0.29, 0.717) is 0 Å². The molecule has 0 aromatic rings. The zero-order valence-corrected chi connectivity index (χ0v) is 12.3. The predicted molar refractivity (Wildman–Crippen MR) is 70.9 cm³/mol. The fourth-order valence-electron chi connectivity index (χ4n) is 1.72. The highest BCUT2D eigenvalue weighted by atomic mass is 28.4. The van der Waals surface area contributed by atoms with Gasteiger partial charge in [-0.2, -0.15) is 0 Å².